The molecule has 0 heterocycles. The molecule has 16 heavy (non-hydrogen) atoms. The molecule has 4 nitrogen and oxygen atoms in total. The molecule has 0 spiro atoms. The van der Waals surface area contributed by atoms with Gasteiger partial charge in [0.1, 0.15) is 0 Å². The summed E-state index contributed by atoms with van der Waals surface area (Å²) in [7, 11) is -3.74. The minimum Gasteiger partial charge on any atom is 0.316 e. The van der Waals surface area contributed by atoms with E-state index >= 15 is 0 Å². The molecule has 0 rings (SSSR count). The number of unbranched alkanes of at least 4 members (excludes halogenated alkanes) is 3. The van der Waals surface area contributed by atoms with Gasteiger partial charge in [0.25, 0.3) is 0 Å². The summed E-state index contributed by atoms with van der Waals surface area (Å²) in [5.74, 6) is 0. The minimum atomic E-state index is -3.74. The van der Waals surface area contributed by atoms with Crippen molar-refractivity contribution < 1.29 is 18.5 Å². The molecule has 0 aliphatic rings. The van der Waals surface area contributed by atoms with Gasteiger partial charge >= 0.3 is 68.6 Å². The van der Waals surface area contributed by atoms with Crippen LogP contribution in [0.1, 0.15) is 39.5 Å². The molecular weight excluding hydrogens is 291 g/mol. The van der Waals surface area contributed by atoms with E-state index in [1.165, 1.54) is 0 Å². The van der Waals surface area contributed by atoms with Gasteiger partial charge in [-0.2, -0.15) is 0 Å². The average molecular weight is 315 g/mol. The van der Waals surface area contributed by atoms with Crippen molar-refractivity contribution in [1.82, 2.24) is 0 Å². The maximum atomic E-state index is 11.0. The second-order valence-corrected chi connectivity index (χ2v) is 4.23. The van der Waals surface area contributed by atoms with Gasteiger partial charge in [0.05, 0.1) is 13.2 Å². The molecule has 0 aromatic rings. The van der Waals surface area contributed by atoms with Crippen molar-refractivity contribution in [3.63, 3.8) is 0 Å². The first-order valence-corrected chi connectivity index (χ1v) is 6.23. The van der Waals surface area contributed by atoms with Crippen LogP contribution in [0.5, 0.6) is 0 Å². The maximum absolute atomic E-state index is 11.0. The Bertz CT molecular complexity index is 176. The first-order valence-electron chi connectivity index (χ1n) is 4.74. The molecule has 0 amide bonds. The van der Waals surface area contributed by atoms with Crippen molar-refractivity contribution >= 4 is 81.0 Å². The summed E-state index contributed by atoms with van der Waals surface area (Å²) in [6.07, 6.45) is 4.12. The van der Waals surface area contributed by atoms with E-state index in [-0.39, 0.29) is 79.8 Å². The Balaban J connectivity index is -0.000000240. The van der Waals surface area contributed by atoms with Crippen LogP contribution in [0.25, 0.3) is 0 Å². The standard InChI is InChI=1S/C8H19O4P.Ca.ClH.Mg.4H/c1-3-5-6-7-8-12-13(9,10)11-4-2;;;;;;;/h3-8H2,1-2H3,(H,9,10);;1H;;;;;. The monoisotopic (exact) mass is 314 g/mol. The molecule has 0 saturated heterocycles. The van der Waals surface area contributed by atoms with Gasteiger partial charge in [-0.05, 0) is 13.3 Å². The average Bonchev–Trinajstić information content (AvgIpc) is 2.04. The zero-order chi connectivity index (χ0) is 10.2. The van der Waals surface area contributed by atoms with Crippen LogP contribution in [0.4, 0.5) is 0 Å². The minimum absolute atomic E-state index is 0. The zero-order valence-electron chi connectivity index (χ0n) is 8.77. The molecular formula is C8H24CaClMgO4P. The van der Waals surface area contributed by atoms with E-state index in [9.17, 15) is 4.57 Å². The number of hydrogen-bond donors (Lipinski definition) is 1. The molecule has 1 unspecified atom stereocenters. The SMILES string of the molecule is CCCCCCOP(=O)(O)OCC.Cl.[CaH2].[MgH2]. The van der Waals surface area contributed by atoms with E-state index in [0.717, 1.165) is 25.7 Å². The van der Waals surface area contributed by atoms with E-state index in [4.69, 9.17) is 9.42 Å². The Morgan fingerprint density at radius 3 is 2.12 bits per heavy atom. The fourth-order valence-corrected chi connectivity index (χ4v) is 1.67. The second-order valence-electron chi connectivity index (χ2n) is 2.78. The normalized spacial score (nSPS) is 12.7. The third-order valence-electron chi connectivity index (χ3n) is 1.54. The first kappa shape index (κ1) is 26.9. The summed E-state index contributed by atoms with van der Waals surface area (Å²) in [5, 5.41) is 0. The van der Waals surface area contributed by atoms with Crippen molar-refractivity contribution in [2.45, 2.75) is 39.5 Å². The Morgan fingerprint density at radius 2 is 1.69 bits per heavy atom. The van der Waals surface area contributed by atoms with Gasteiger partial charge in [-0.15, -0.1) is 12.4 Å². The maximum Gasteiger partial charge on any atom is 0.316 e. The third-order valence-corrected chi connectivity index (χ3v) is 2.64. The molecule has 1 N–H and O–H groups in total. The molecule has 0 saturated carbocycles. The molecule has 0 aromatic carbocycles. The molecule has 96 valence electrons. The first-order chi connectivity index (χ1) is 6.12. The Hall–Kier alpha value is 2.43. The molecule has 0 fully saturated rings. The summed E-state index contributed by atoms with van der Waals surface area (Å²) in [6.45, 7) is 4.26. The van der Waals surface area contributed by atoms with Crippen molar-refractivity contribution in [2.24, 2.45) is 0 Å². The zero-order valence-corrected chi connectivity index (χ0v) is 10.5. The van der Waals surface area contributed by atoms with Gasteiger partial charge in [-0.3, -0.25) is 9.05 Å². The predicted molar refractivity (Wildman–Crippen MR) is 75.9 cm³/mol. The van der Waals surface area contributed by atoms with Gasteiger partial charge in [-0.25, -0.2) is 4.57 Å². The van der Waals surface area contributed by atoms with Crippen molar-refractivity contribution in [2.75, 3.05) is 13.2 Å². The quantitative estimate of drug-likeness (QED) is 0.417. The van der Waals surface area contributed by atoms with E-state index in [1.807, 2.05) is 0 Å². The van der Waals surface area contributed by atoms with E-state index < -0.39 is 7.82 Å². The summed E-state index contributed by atoms with van der Waals surface area (Å²) < 4.78 is 20.2. The van der Waals surface area contributed by atoms with Crippen LogP contribution in [0, 0.1) is 0 Å². The fraction of sp³-hybridized carbons (Fsp3) is 1.00. The van der Waals surface area contributed by atoms with Gasteiger partial charge < -0.3 is 4.89 Å². The number of phosphoric ester groups is 1. The van der Waals surface area contributed by atoms with Crippen molar-refractivity contribution in [3.05, 3.63) is 0 Å². The predicted octanol–water partition coefficient (Wildman–Crippen LogP) is 1.31. The van der Waals surface area contributed by atoms with Gasteiger partial charge in [0.15, 0.2) is 0 Å². The molecule has 0 aliphatic heterocycles. The number of halogens is 1. The van der Waals surface area contributed by atoms with Crippen LogP contribution in [0.2, 0.25) is 0 Å². The van der Waals surface area contributed by atoms with Crippen molar-refractivity contribution in [1.29, 1.82) is 0 Å². The Morgan fingerprint density at radius 1 is 1.12 bits per heavy atom. The van der Waals surface area contributed by atoms with Crippen molar-refractivity contribution in [3.8, 4) is 0 Å². The largest absolute Gasteiger partial charge is 0.316 e. The molecule has 0 radical (unpaired) electrons. The molecule has 1 atom stereocenters. The topological polar surface area (TPSA) is 55.8 Å². The number of phosphoric acid groups is 1. The summed E-state index contributed by atoms with van der Waals surface area (Å²) in [5.41, 5.74) is 0. The van der Waals surface area contributed by atoms with E-state index in [1.54, 1.807) is 6.92 Å². The third kappa shape index (κ3) is 18.8. The fourth-order valence-electron chi connectivity index (χ4n) is 0.909. The number of hydrogen-bond acceptors (Lipinski definition) is 3. The van der Waals surface area contributed by atoms with Crippen LogP contribution < -0.4 is 0 Å². The van der Waals surface area contributed by atoms with Crippen LogP contribution in [0.15, 0.2) is 0 Å². The Kier molecular flexibility index (Phi) is 29.3. The van der Waals surface area contributed by atoms with Crippen LogP contribution in [-0.4, -0.2) is 78.9 Å². The van der Waals surface area contributed by atoms with Crippen LogP contribution >= 0.6 is 20.2 Å². The van der Waals surface area contributed by atoms with E-state index in [0.29, 0.717) is 6.61 Å². The molecule has 8 heteroatoms. The van der Waals surface area contributed by atoms with Gasteiger partial charge in [0.2, 0.25) is 0 Å². The van der Waals surface area contributed by atoms with Gasteiger partial charge in [-0.1, -0.05) is 26.2 Å². The van der Waals surface area contributed by atoms with Crippen LogP contribution in [0.3, 0.4) is 0 Å². The molecule has 0 bridgehead atoms. The number of rotatable bonds is 8. The molecule has 0 aliphatic carbocycles. The Labute approximate surface area is 150 Å². The van der Waals surface area contributed by atoms with E-state index in [2.05, 4.69) is 11.4 Å². The summed E-state index contributed by atoms with van der Waals surface area (Å²) in [4.78, 5) is 8.98. The summed E-state index contributed by atoms with van der Waals surface area (Å²) in [6, 6.07) is 0. The summed E-state index contributed by atoms with van der Waals surface area (Å²) >= 11 is 0. The second kappa shape index (κ2) is 17.4. The smallest absolute Gasteiger partial charge is 0.316 e. The molecule has 0 aromatic heterocycles. The van der Waals surface area contributed by atoms with Gasteiger partial charge in [0, 0.05) is 0 Å². The van der Waals surface area contributed by atoms with Crippen LogP contribution in [-0.2, 0) is 13.6 Å².